The largest absolute Gasteiger partial charge is 0.361 e. The average Bonchev–Trinajstić information content (AvgIpc) is 3.08. The van der Waals surface area contributed by atoms with Crippen LogP contribution in [0.1, 0.15) is 36.4 Å². The van der Waals surface area contributed by atoms with E-state index >= 15 is 0 Å². The summed E-state index contributed by atoms with van der Waals surface area (Å²) in [5, 5.41) is 8.10. The third kappa shape index (κ3) is 1.86. The molecule has 3 heterocycles. The lowest BCUT2D eigenvalue weighted by atomic mass is 9.64. The van der Waals surface area contributed by atoms with Gasteiger partial charge in [0.25, 0.3) is 5.89 Å². The molecule has 106 valence electrons. The van der Waals surface area contributed by atoms with E-state index in [2.05, 4.69) is 20.3 Å². The number of pyridine rings is 1. The van der Waals surface area contributed by atoms with Gasteiger partial charge in [0, 0.05) is 18.5 Å². The van der Waals surface area contributed by atoms with Gasteiger partial charge in [0.05, 0.1) is 5.41 Å². The first-order chi connectivity index (χ1) is 10.3. The molecule has 0 radical (unpaired) electrons. The van der Waals surface area contributed by atoms with Crippen LogP contribution < -0.4 is 0 Å². The van der Waals surface area contributed by atoms with Crippen LogP contribution in [-0.2, 0) is 5.41 Å². The van der Waals surface area contributed by atoms with Crippen LogP contribution >= 0.6 is 0 Å². The molecule has 0 unspecified atom stereocenters. The molecule has 1 fully saturated rings. The zero-order valence-corrected chi connectivity index (χ0v) is 11.6. The highest BCUT2D eigenvalue weighted by atomic mass is 16.5. The molecule has 0 spiro atoms. The number of aryl methyl sites for hydroxylation is 1. The number of hydrogen-bond donors (Lipinski definition) is 0. The Balaban J connectivity index is 1.74. The van der Waals surface area contributed by atoms with Crippen LogP contribution in [0.25, 0.3) is 11.6 Å². The Morgan fingerprint density at radius 1 is 1.10 bits per heavy atom. The molecule has 0 N–H and O–H groups in total. The van der Waals surface area contributed by atoms with E-state index in [9.17, 15) is 0 Å². The van der Waals surface area contributed by atoms with Gasteiger partial charge in [0.15, 0.2) is 11.5 Å². The molecule has 21 heavy (non-hydrogen) atoms. The van der Waals surface area contributed by atoms with Crippen molar-refractivity contribution in [1.29, 1.82) is 0 Å². The van der Waals surface area contributed by atoms with Gasteiger partial charge in [-0.1, -0.05) is 16.7 Å². The Hall–Kier alpha value is -2.50. The van der Waals surface area contributed by atoms with Gasteiger partial charge in [-0.25, -0.2) is 0 Å². The highest BCUT2D eigenvalue weighted by Crippen LogP contribution is 2.47. The molecule has 1 aliphatic carbocycles. The minimum Gasteiger partial charge on any atom is -0.361 e. The second kappa shape index (κ2) is 4.51. The van der Waals surface area contributed by atoms with Crippen molar-refractivity contribution in [3.05, 3.63) is 47.7 Å². The second-order valence-corrected chi connectivity index (χ2v) is 5.42. The van der Waals surface area contributed by atoms with Gasteiger partial charge in [-0.2, -0.15) is 4.98 Å². The maximum Gasteiger partial charge on any atom is 0.280 e. The molecule has 4 rings (SSSR count). The average molecular weight is 282 g/mol. The van der Waals surface area contributed by atoms with E-state index in [4.69, 9.17) is 9.05 Å². The van der Waals surface area contributed by atoms with E-state index < -0.39 is 0 Å². The van der Waals surface area contributed by atoms with Crippen LogP contribution in [0.3, 0.4) is 0 Å². The molecule has 0 atom stereocenters. The third-order valence-electron chi connectivity index (χ3n) is 4.14. The van der Waals surface area contributed by atoms with Crippen molar-refractivity contribution < 1.29 is 9.05 Å². The van der Waals surface area contributed by atoms with Crippen LogP contribution in [0.15, 0.2) is 39.6 Å². The molecule has 3 aromatic rings. The molecule has 6 heteroatoms. The van der Waals surface area contributed by atoms with Gasteiger partial charge in [-0.05, 0) is 37.5 Å². The molecular weight excluding hydrogens is 268 g/mol. The van der Waals surface area contributed by atoms with Crippen molar-refractivity contribution >= 4 is 0 Å². The minimum atomic E-state index is -0.149. The summed E-state index contributed by atoms with van der Waals surface area (Å²) in [6, 6.07) is 5.84. The summed E-state index contributed by atoms with van der Waals surface area (Å²) in [6.45, 7) is 1.83. The molecule has 3 aromatic heterocycles. The molecule has 6 nitrogen and oxygen atoms in total. The Morgan fingerprint density at radius 2 is 1.90 bits per heavy atom. The molecule has 0 aromatic carbocycles. The summed E-state index contributed by atoms with van der Waals surface area (Å²) in [4.78, 5) is 8.62. The van der Waals surface area contributed by atoms with E-state index in [1.54, 1.807) is 18.5 Å². The lowest BCUT2D eigenvalue weighted by Gasteiger charge is -2.39. The molecular formula is C15H14N4O2. The highest BCUT2D eigenvalue weighted by Gasteiger charge is 2.44. The Labute approximate surface area is 121 Å². The van der Waals surface area contributed by atoms with E-state index in [0.717, 1.165) is 30.8 Å². The summed E-state index contributed by atoms with van der Waals surface area (Å²) in [5.41, 5.74) is 1.62. The predicted octanol–water partition coefficient (Wildman–Crippen LogP) is 2.90. The molecule has 0 aliphatic heterocycles. The monoisotopic (exact) mass is 282 g/mol. The lowest BCUT2D eigenvalue weighted by Crippen LogP contribution is -2.36. The standard InChI is InChI=1S/C15H14N4O2/c1-10-9-12(18-20-10)13-17-14(19-21-13)15(5-2-6-15)11-3-7-16-8-4-11/h3-4,7-9H,2,5-6H2,1H3. The first kappa shape index (κ1) is 12.3. The molecule has 0 bridgehead atoms. The zero-order valence-electron chi connectivity index (χ0n) is 11.6. The maximum absolute atomic E-state index is 5.37. The van der Waals surface area contributed by atoms with E-state index in [1.807, 2.05) is 19.1 Å². The van der Waals surface area contributed by atoms with Crippen molar-refractivity contribution in [2.45, 2.75) is 31.6 Å². The Kier molecular flexibility index (Phi) is 2.63. The highest BCUT2D eigenvalue weighted by molar-refractivity contribution is 5.47. The summed E-state index contributed by atoms with van der Waals surface area (Å²) < 4.78 is 10.4. The van der Waals surface area contributed by atoms with Gasteiger partial charge >= 0.3 is 0 Å². The van der Waals surface area contributed by atoms with Gasteiger partial charge in [0.1, 0.15) is 5.76 Å². The smallest absolute Gasteiger partial charge is 0.280 e. The fourth-order valence-electron chi connectivity index (χ4n) is 2.83. The quantitative estimate of drug-likeness (QED) is 0.735. The molecule has 1 saturated carbocycles. The zero-order chi connectivity index (χ0) is 14.3. The van der Waals surface area contributed by atoms with Crippen molar-refractivity contribution in [1.82, 2.24) is 20.3 Å². The van der Waals surface area contributed by atoms with Gasteiger partial charge < -0.3 is 9.05 Å². The van der Waals surface area contributed by atoms with E-state index in [0.29, 0.717) is 11.6 Å². The Bertz CT molecular complexity index is 759. The normalized spacial score (nSPS) is 16.6. The van der Waals surface area contributed by atoms with Crippen molar-refractivity contribution in [2.75, 3.05) is 0 Å². The van der Waals surface area contributed by atoms with Crippen LogP contribution in [0.4, 0.5) is 0 Å². The number of aromatic nitrogens is 4. The van der Waals surface area contributed by atoms with E-state index in [-0.39, 0.29) is 5.41 Å². The molecule has 0 amide bonds. The third-order valence-corrected chi connectivity index (χ3v) is 4.14. The van der Waals surface area contributed by atoms with Gasteiger partial charge in [-0.3, -0.25) is 4.98 Å². The summed E-state index contributed by atoms with van der Waals surface area (Å²) >= 11 is 0. The van der Waals surface area contributed by atoms with Gasteiger partial charge in [0.2, 0.25) is 0 Å². The Morgan fingerprint density at radius 3 is 2.52 bits per heavy atom. The summed E-state index contributed by atoms with van der Waals surface area (Å²) in [6.07, 6.45) is 6.81. The fourth-order valence-corrected chi connectivity index (χ4v) is 2.83. The topological polar surface area (TPSA) is 77.8 Å². The number of hydrogen-bond acceptors (Lipinski definition) is 6. The van der Waals surface area contributed by atoms with Crippen molar-refractivity contribution in [2.24, 2.45) is 0 Å². The fraction of sp³-hybridized carbons (Fsp3) is 0.333. The van der Waals surface area contributed by atoms with E-state index in [1.165, 1.54) is 5.56 Å². The van der Waals surface area contributed by atoms with Crippen LogP contribution in [0, 0.1) is 6.92 Å². The van der Waals surface area contributed by atoms with Crippen LogP contribution in [0.5, 0.6) is 0 Å². The van der Waals surface area contributed by atoms with Gasteiger partial charge in [-0.15, -0.1) is 0 Å². The SMILES string of the molecule is Cc1cc(-c2nc(C3(c4ccncc4)CCC3)no2)no1. The summed E-state index contributed by atoms with van der Waals surface area (Å²) in [5.74, 6) is 1.84. The van der Waals surface area contributed by atoms with Crippen LogP contribution in [-0.4, -0.2) is 20.3 Å². The molecule has 0 saturated heterocycles. The van der Waals surface area contributed by atoms with Crippen LogP contribution in [0.2, 0.25) is 0 Å². The number of nitrogens with zero attached hydrogens (tertiary/aromatic N) is 4. The summed E-state index contributed by atoms with van der Waals surface area (Å²) in [7, 11) is 0. The number of rotatable bonds is 3. The lowest BCUT2D eigenvalue weighted by molar-refractivity contribution is 0.272. The molecule has 1 aliphatic rings. The second-order valence-electron chi connectivity index (χ2n) is 5.42. The first-order valence-corrected chi connectivity index (χ1v) is 6.96. The minimum absolute atomic E-state index is 0.149. The van der Waals surface area contributed by atoms with Crippen molar-refractivity contribution in [3.63, 3.8) is 0 Å². The first-order valence-electron chi connectivity index (χ1n) is 6.96. The van der Waals surface area contributed by atoms with Crippen molar-refractivity contribution in [3.8, 4) is 11.6 Å². The maximum atomic E-state index is 5.37. The predicted molar refractivity (Wildman–Crippen MR) is 73.4 cm³/mol.